The normalized spacial score (nSPS) is 10.1. The number of para-hydroxylation sites is 1. The number of anilines is 1. The van der Waals surface area contributed by atoms with E-state index in [0.717, 1.165) is 17.7 Å². The third-order valence-electron chi connectivity index (χ3n) is 3.95. The van der Waals surface area contributed by atoms with Crippen molar-refractivity contribution in [1.82, 2.24) is 0 Å². The second-order valence-electron chi connectivity index (χ2n) is 5.91. The molecule has 0 heterocycles. The number of nitriles is 1. The number of amides is 1. The van der Waals surface area contributed by atoms with Gasteiger partial charge in [-0.25, -0.2) is 0 Å². The van der Waals surface area contributed by atoms with Gasteiger partial charge in [0.2, 0.25) is 0 Å². The molecule has 0 spiro atoms. The number of benzene rings is 3. The lowest BCUT2D eigenvalue weighted by Crippen LogP contribution is -2.21. The molecule has 0 bridgehead atoms. The van der Waals surface area contributed by atoms with Crippen LogP contribution in [0, 0.1) is 11.3 Å². The Morgan fingerprint density at radius 2 is 1.78 bits per heavy atom. The first-order chi connectivity index (χ1) is 13.2. The van der Waals surface area contributed by atoms with Crippen molar-refractivity contribution >= 4 is 23.2 Å². The van der Waals surface area contributed by atoms with Crippen LogP contribution in [0.15, 0.2) is 72.8 Å². The summed E-state index contributed by atoms with van der Waals surface area (Å²) in [7, 11) is 0. The Hall–Kier alpha value is -3.29. The first-order valence-corrected chi connectivity index (χ1v) is 8.77. The van der Waals surface area contributed by atoms with E-state index in [4.69, 9.17) is 21.6 Å². The number of rotatable bonds is 6. The molecular weight excluding hydrogens is 360 g/mol. The molecule has 134 valence electrons. The summed E-state index contributed by atoms with van der Waals surface area (Å²) in [5, 5.41) is 12.0. The molecule has 0 saturated heterocycles. The summed E-state index contributed by atoms with van der Waals surface area (Å²) in [6.45, 7) is -0.175. The van der Waals surface area contributed by atoms with Crippen LogP contribution in [0.5, 0.6) is 5.75 Å². The highest BCUT2D eigenvalue weighted by Gasteiger charge is 2.10. The van der Waals surface area contributed by atoms with Gasteiger partial charge in [0.1, 0.15) is 5.75 Å². The van der Waals surface area contributed by atoms with Gasteiger partial charge in [0.05, 0.1) is 16.7 Å². The van der Waals surface area contributed by atoms with E-state index < -0.39 is 0 Å². The Bertz CT molecular complexity index is 981. The molecule has 0 aromatic heterocycles. The van der Waals surface area contributed by atoms with Crippen molar-refractivity contribution in [2.24, 2.45) is 0 Å². The summed E-state index contributed by atoms with van der Waals surface area (Å²) < 4.78 is 5.48. The van der Waals surface area contributed by atoms with Gasteiger partial charge < -0.3 is 10.1 Å². The zero-order chi connectivity index (χ0) is 19.1. The lowest BCUT2D eigenvalue weighted by atomic mass is 10.0. The molecule has 0 fully saturated rings. The second kappa shape index (κ2) is 8.88. The van der Waals surface area contributed by atoms with Crippen molar-refractivity contribution in [3.8, 4) is 11.8 Å². The summed E-state index contributed by atoms with van der Waals surface area (Å²) in [6.07, 6.45) is 0.722. The molecule has 0 atom stereocenters. The van der Waals surface area contributed by atoms with Crippen molar-refractivity contribution in [2.45, 2.75) is 6.42 Å². The van der Waals surface area contributed by atoms with E-state index >= 15 is 0 Å². The van der Waals surface area contributed by atoms with Gasteiger partial charge in [-0.05, 0) is 41.8 Å². The molecule has 0 aliphatic rings. The zero-order valence-electron chi connectivity index (χ0n) is 14.5. The first kappa shape index (κ1) is 18.5. The van der Waals surface area contributed by atoms with Crippen molar-refractivity contribution in [3.63, 3.8) is 0 Å². The number of ether oxygens (including phenoxy) is 1. The number of carbonyl (C=O) groups is 1. The topological polar surface area (TPSA) is 62.1 Å². The molecule has 4 nitrogen and oxygen atoms in total. The minimum absolute atomic E-state index is 0.175. The molecule has 5 heteroatoms. The van der Waals surface area contributed by atoms with Gasteiger partial charge in [-0.2, -0.15) is 5.26 Å². The third-order valence-corrected chi connectivity index (χ3v) is 4.24. The second-order valence-corrected chi connectivity index (χ2v) is 6.32. The maximum Gasteiger partial charge on any atom is 0.262 e. The summed E-state index contributed by atoms with van der Waals surface area (Å²) in [4.78, 5) is 12.3. The van der Waals surface area contributed by atoms with E-state index in [2.05, 4.69) is 17.4 Å². The Balaban J connectivity index is 1.64. The Morgan fingerprint density at radius 1 is 1.04 bits per heavy atom. The molecule has 27 heavy (non-hydrogen) atoms. The highest BCUT2D eigenvalue weighted by molar-refractivity contribution is 6.32. The molecule has 0 aliphatic heterocycles. The van der Waals surface area contributed by atoms with Gasteiger partial charge in [0, 0.05) is 5.69 Å². The van der Waals surface area contributed by atoms with Gasteiger partial charge in [0.15, 0.2) is 6.61 Å². The zero-order valence-corrected chi connectivity index (χ0v) is 15.2. The van der Waals surface area contributed by atoms with Crippen LogP contribution < -0.4 is 10.1 Å². The molecular formula is C22H17ClN2O2. The van der Waals surface area contributed by atoms with Crippen LogP contribution in [0.25, 0.3) is 0 Å². The van der Waals surface area contributed by atoms with Crippen LogP contribution in [-0.2, 0) is 11.2 Å². The van der Waals surface area contributed by atoms with Crippen molar-refractivity contribution < 1.29 is 9.53 Å². The average molecular weight is 377 g/mol. The number of hydrogen-bond donors (Lipinski definition) is 1. The van der Waals surface area contributed by atoms with Crippen LogP contribution in [-0.4, -0.2) is 12.5 Å². The fourth-order valence-corrected chi connectivity index (χ4v) is 2.86. The summed E-state index contributed by atoms with van der Waals surface area (Å²) in [5.74, 6) is 0.0827. The van der Waals surface area contributed by atoms with Gasteiger partial charge >= 0.3 is 0 Å². The predicted molar refractivity (Wildman–Crippen MR) is 106 cm³/mol. The average Bonchev–Trinajstić information content (AvgIpc) is 2.69. The van der Waals surface area contributed by atoms with E-state index in [1.165, 1.54) is 11.6 Å². The maximum atomic E-state index is 12.3. The van der Waals surface area contributed by atoms with Crippen LogP contribution >= 0.6 is 11.6 Å². The highest BCUT2D eigenvalue weighted by atomic mass is 35.5. The number of halogens is 1. The molecule has 1 amide bonds. The molecule has 1 N–H and O–H groups in total. The largest absolute Gasteiger partial charge is 0.482 e. The summed E-state index contributed by atoms with van der Waals surface area (Å²) in [5.41, 5.74) is 3.38. The maximum absolute atomic E-state index is 12.3. The SMILES string of the molecule is N#Cc1ccc(OCC(=O)Nc2ccccc2Cc2ccccc2)c(Cl)c1. The fraction of sp³-hybridized carbons (Fsp3) is 0.0909. The molecule has 0 saturated carbocycles. The van der Waals surface area contributed by atoms with E-state index in [1.54, 1.807) is 12.1 Å². The molecule has 3 aromatic carbocycles. The van der Waals surface area contributed by atoms with Crippen LogP contribution in [0.2, 0.25) is 5.02 Å². The van der Waals surface area contributed by atoms with Gasteiger partial charge in [-0.3, -0.25) is 4.79 Å². The van der Waals surface area contributed by atoms with E-state index in [0.29, 0.717) is 16.3 Å². The molecule has 0 unspecified atom stereocenters. The summed E-state index contributed by atoms with van der Waals surface area (Å²) >= 11 is 6.06. The van der Waals surface area contributed by atoms with Crippen LogP contribution in [0.4, 0.5) is 5.69 Å². The Labute approximate surface area is 163 Å². The van der Waals surface area contributed by atoms with Gasteiger partial charge in [0.25, 0.3) is 5.91 Å². The monoisotopic (exact) mass is 376 g/mol. The van der Waals surface area contributed by atoms with Crippen molar-refractivity contribution in [1.29, 1.82) is 5.26 Å². The standard InChI is InChI=1S/C22H17ClN2O2/c23-19-13-17(14-24)10-11-21(19)27-15-22(26)25-20-9-5-4-8-18(20)12-16-6-2-1-3-7-16/h1-11,13H,12,15H2,(H,25,26). The minimum atomic E-state index is -0.282. The van der Waals surface area contributed by atoms with Gasteiger partial charge in [-0.15, -0.1) is 0 Å². The number of nitrogens with zero attached hydrogens (tertiary/aromatic N) is 1. The van der Waals surface area contributed by atoms with Gasteiger partial charge in [-0.1, -0.05) is 60.1 Å². The fourth-order valence-electron chi connectivity index (χ4n) is 2.63. The number of carbonyl (C=O) groups excluding carboxylic acids is 1. The molecule has 0 radical (unpaired) electrons. The van der Waals surface area contributed by atoms with Crippen LogP contribution in [0.3, 0.4) is 0 Å². The van der Waals surface area contributed by atoms with Crippen molar-refractivity contribution in [2.75, 3.05) is 11.9 Å². The third kappa shape index (κ3) is 5.10. The van der Waals surface area contributed by atoms with E-state index in [9.17, 15) is 4.79 Å². The quantitative estimate of drug-likeness (QED) is 0.670. The Kier molecular flexibility index (Phi) is 6.09. The first-order valence-electron chi connectivity index (χ1n) is 8.40. The Morgan fingerprint density at radius 3 is 2.52 bits per heavy atom. The summed E-state index contributed by atoms with van der Waals surface area (Å²) in [6, 6.07) is 24.4. The molecule has 0 aliphatic carbocycles. The lowest BCUT2D eigenvalue weighted by molar-refractivity contribution is -0.118. The van der Waals surface area contributed by atoms with E-state index in [-0.39, 0.29) is 12.5 Å². The minimum Gasteiger partial charge on any atom is -0.482 e. The number of hydrogen-bond acceptors (Lipinski definition) is 3. The van der Waals surface area contributed by atoms with Crippen LogP contribution in [0.1, 0.15) is 16.7 Å². The van der Waals surface area contributed by atoms with E-state index in [1.807, 2.05) is 48.5 Å². The smallest absolute Gasteiger partial charge is 0.262 e. The lowest BCUT2D eigenvalue weighted by Gasteiger charge is -2.12. The highest BCUT2D eigenvalue weighted by Crippen LogP contribution is 2.25. The van der Waals surface area contributed by atoms with Crippen molar-refractivity contribution in [3.05, 3.63) is 94.5 Å². The molecule has 3 aromatic rings. The number of nitrogens with one attached hydrogen (secondary N) is 1. The molecule has 3 rings (SSSR count). The predicted octanol–water partition coefficient (Wildman–Crippen LogP) is 4.82.